The molecule has 30 heavy (non-hydrogen) atoms. The largest absolute Gasteiger partial charge is 2.00 e. The molecule has 8 nitrogen and oxygen atoms in total. The zero-order valence-corrected chi connectivity index (χ0v) is 30.1. The van der Waals surface area contributed by atoms with Gasteiger partial charge in [-0.2, -0.15) is 27.4 Å². The second kappa shape index (κ2) is 33.6. The molecule has 0 radical (unpaired) electrons. The molecule has 0 aromatic rings. The van der Waals surface area contributed by atoms with E-state index in [1.807, 2.05) is 0 Å². The Morgan fingerprint density at radius 3 is 0.933 bits per heavy atom. The van der Waals surface area contributed by atoms with E-state index in [9.17, 15) is 0 Å². The molecule has 0 N–H and O–H groups in total. The van der Waals surface area contributed by atoms with Crippen LogP contribution in [0.25, 0.3) is 0 Å². The van der Waals surface area contributed by atoms with Crippen molar-refractivity contribution in [3.05, 3.63) is 0 Å². The van der Waals surface area contributed by atoms with Crippen molar-refractivity contribution in [1.82, 2.24) is 0 Å². The van der Waals surface area contributed by atoms with Crippen LogP contribution in [-0.2, 0) is 67.6 Å². The van der Waals surface area contributed by atoms with Gasteiger partial charge in [0.05, 0.1) is 0 Å². The third-order valence-electron chi connectivity index (χ3n) is 3.28. The molecule has 168 valence electrons. The van der Waals surface area contributed by atoms with Gasteiger partial charge in [0, 0.05) is 0 Å². The molecule has 0 saturated heterocycles. The van der Waals surface area contributed by atoms with Gasteiger partial charge in [-0.05, 0) is 24.3 Å². The monoisotopic (exact) mass is 640 g/mol. The quantitative estimate of drug-likeness (QED) is 0.151. The van der Waals surface area contributed by atoms with Crippen LogP contribution in [0.3, 0.4) is 0 Å². The maximum Gasteiger partial charge on any atom is 2.00 e. The van der Waals surface area contributed by atoms with Crippen molar-refractivity contribution in [2.45, 2.75) is 90.9 Å². The molecule has 0 saturated carbocycles. The molecule has 0 aromatic heterocycles. The molecule has 0 heterocycles. The van der Waals surface area contributed by atoms with Gasteiger partial charge in [0.15, 0.2) is 0 Å². The van der Waals surface area contributed by atoms with Crippen LogP contribution in [0.4, 0.5) is 0 Å². The van der Waals surface area contributed by atoms with E-state index in [1.54, 1.807) is 0 Å². The van der Waals surface area contributed by atoms with Crippen molar-refractivity contribution < 1.29 is 96.9 Å². The zero-order valence-electron chi connectivity index (χ0n) is 18.6. The van der Waals surface area contributed by atoms with Crippen molar-refractivity contribution in [1.29, 1.82) is 0 Å². The van der Waals surface area contributed by atoms with Gasteiger partial charge < -0.3 is 38.5 Å². The van der Waals surface area contributed by atoms with Gasteiger partial charge in [0.2, 0.25) is 0 Å². The molecule has 0 rings (SSSR count). The third kappa shape index (κ3) is 97.6. The van der Waals surface area contributed by atoms with E-state index in [-0.39, 0.29) is 58.4 Å². The molecule has 0 unspecified atom stereocenters. The Bertz CT molecular complexity index is 337. The summed E-state index contributed by atoms with van der Waals surface area (Å²) >= 11 is 2.18. The van der Waals surface area contributed by atoms with Gasteiger partial charge in [0.25, 0.3) is 0 Å². The summed E-state index contributed by atoms with van der Waals surface area (Å²) in [6.07, 6.45) is 17.3. The zero-order chi connectivity index (χ0) is 21.6. The van der Waals surface area contributed by atoms with Gasteiger partial charge in [-0.15, -0.1) is 0 Å². The summed E-state index contributed by atoms with van der Waals surface area (Å²) in [5, 5.41) is 0. The van der Waals surface area contributed by atoms with Gasteiger partial charge in [0.1, 0.15) is 0 Å². The molecular formula is C16H34O8P2SZn3. The molecule has 14 heteroatoms. The first-order valence-corrected chi connectivity index (χ1v) is 13.5. The normalized spacial score (nSPS) is 10.1. The van der Waals surface area contributed by atoms with Gasteiger partial charge >= 0.3 is 58.4 Å². The van der Waals surface area contributed by atoms with E-state index in [0.29, 0.717) is 0 Å². The van der Waals surface area contributed by atoms with Crippen molar-refractivity contribution in [3.63, 3.8) is 0 Å². The van der Waals surface area contributed by atoms with Crippen LogP contribution in [0.1, 0.15) is 90.9 Å². The Morgan fingerprint density at radius 2 is 0.700 bits per heavy atom. The average Bonchev–Trinajstić information content (AvgIpc) is 2.49. The fraction of sp³-hybridized carbons (Fsp3) is 1.00. The van der Waals surface area contributed by atoms with Crippen molar-refractivity contribution in [2.24, 2.45) is 0 Å². The van der Waals surface area contributed by atoms with E-state index in [2.05, 4.69) is 25.6 Å². The van der Waals surface area contributed by atoms with Crippen LogP contribution in [-0.4, -0.2) is 11.5 Å². The predicted octanol–water partition coefficient (Wildman–Crippen LogP) is 0.784. The Labute approximate surface area is 225 Å². The summed E-state index contributed by atoms with van der Waals surface area (Å²) in [6.45, 7) is 4.58. The second-order valence-electron chi connectivity index (χ2n) is 6.04. The number of hydrogen-bond acceptors (Lipinski definition) is 9. The first-order valence-electron chi connectivity index (χ1n) is 9.45. The fourth-order valence-corrected chi connectivity index (χ4v) is 3.09. The van der Waals surface area contributed by atoms with Crippen LogP contribution in [0.5, 0.6) is 0 Å². The van der Waals surface area contributed by atoms with Crippen molar-refractivity contribution in [2.75, 3.05) is 11.5 Å². The SMILES string of the molecule is CCCCCCCCSCCCCCCCC.O=P([O-])([O-])[O-].O=P([O-])([O-])[O-].[Zn+2].[Zn+2].[Zn+2]. The Hall–Kier alpha value is 2.44. The standard InChI is InChI=1S/C16H34S.2H3O4P.3Zn/c1-3-5-7-9-11-13-15-17-16-14-12-10-8-6-4-2;2*1-5(2,3)4;;;/h3-16H2,1-2H3;2*(H3,1,2,3,4);;;/q;;;3*+2/p-6. The molecule has 0 atom stereocenters. The molecule has 0 aliphatic heterocycles. The van der Waals surface area contributed by atoms with Crippen LogP contribution >= 0.6 is 27.4 Å². The summed E-state index contributed by atoms with van der Waals surface area (Å²) < 4.78 is 17.1. The summed E-state index contributed by atoms with van der Waals surface area (Å²) in [4.78, 5) is 51.3. The molecule has 0 amide bonds. The predicted molar refractivity (Wildman–Crippen MR) is 99.3 cm³/mol. The fourth-order valence-electron chi connectivity index (χ4n) is 2.07. The van der Waals surface area contributed by atoms with E-state index in [0.717, 1.165) is 0 Å². The number of thioether (sulfide) groups is 1. The molecule has 0 spiro atoms. The van der Waals surface area contributed by atoms with Gasteiger partial charge in [-0.1, -0.05) is 78.1 Å². The number of hydrogen-bond donors (Lipinski definition) is 0. The van der Waals surface area contributed by atoms with Gasteiger partial charge in [-0.3, -0.25) is 0 Å². The van der Waals surface area contributed by atoms with Crippen LogP contribution in [0.2, 0.25) is 0 Å². The van der Waals surface area contributed by atoms with Crippen LogP contribution < -0.4 is 29.4 Å². The smallest absolute Gasteiger partial charge is 0.822 e. The van der Waals surface area contributed by atoms with E-state index in [4.69, 9.17) is 38.5 Å². The van der Waals surface area contributed by atoms with Crippen LogP contribution in [0, 0.1) is 0 Å². The summed E-state index contributed by atoms with van der Waals surface area (Å²) in [6, 6.07) is 0. The first kappa shape index (κ1) is 45.9. The number of phosphoric acid groups is 2. The topological polar surface area (TPSA) is 172 Å². The van der Waals surface area contributed by atoms with Crippen molar-refractivity contribution >= 4 is 27.4 Å². The Kier molecular flexibility index (Phi) is 51.4. The van der Waals surface area contributed by atoms with E-state index < -0.39 is 15.6 Å². The number of rotatable bonds is 14. The Morgan fingerprint density at radius 1 is 0.500 bits per heavy atom. The minimum absolute atomic E-state index is 0. The summed E-state index contributed by atoms with van der Waals surface area (Å²) in [7, 11) is -10.8. The number of unbranched alkanes of at least 4 members (excludes halogenated alkanes) is 10. The van der Waals surface area contributed by atoms with Crippen LogP contribution in [0.15, 0.2) is 0 Å². The summed E-state index contributed by atoms with van der Waals surface area (Å²) in [5.41, 5.74) is 0. The van der Waals surface area contributed by atoms with E-state index >= 15 is 0 Å². The minimum Gasteiger partial charge on any atom is -0.822 e. The molecule has 0 aliphatic carbocycles. The molecular weight excluding hydrogens is 610 g/mol. The Balaban J connectivity index is -0.0000000930. The first-order chi connectivity index (χ1) is 12.4. The molecule has 0 aromatic carbocycles. The second-order valence-corrected chi connectivity index (χ2v) is 9.06. The molecule has 0 bridgehead atoms. The van der Waals surface area contributed by atoms with E-state index in [1.165, 1.54) is 88.6 Å². The average molecular weight is 645 g/mol. The summed E-state index contributed by atoms with van der Waals surface area (Å²) in [5.74, 6) is 2.81. The molecule has 0 aliphatic rings. The van der Waals surface area contributed by atoms with Gasteiger partial charge in [-0.25, -0.2) is 0 Å². The molecule has 0 fully saturated rings. The maximum atomic E-state index is 8.55. The minimum atomic E-state index is -5.39. The van der Waals surface area contributed by atoms with Crippen molar-refractivity contribution in [3.8, 4) is 0 Å². The third-order valence-corrected chi connectivity index (χ3v) is 4.44. The maximum absolute atomic E-state index is 8.55.